The van der Waals surface area contributed by atoms with E-state index in [1.165, 1.54) is 0 Å². The molecule has 120 valence electrons. The molecule has 0 saturated carbocycles. The molecule has 0 rings (SSSR count). The summed E-state index contributed by atoms with van der Waals surface area (Å²) in [5.41, 5.74) is 5.16. The molecule has 0 aliphatic carbocycles. The topological polar surface area (TPSA) is 171 Å². The molecule has 0 aliphatic heterocycles. The molecule has 4 amide bonds. The fourth-order valence-corrected chi connectivity index (χ4v) is 1.54. The maximum absolute atomic E-state index is 11.9. The predicted octanol–water partition coefficient (Wildman–Crippen LogP) is -1.09. The van der Waals surface area contributed by atoms with Gasteiger partial charge < -0.3 is 31.9 Å². The molecule has 0 radical (unpaired) electrons. The first kappa shape index (κ1) is 18.5. The molecule has 0 bridgehead atoms. The number of carboxylic acid groups (broad SMARTS) is 2. The summed E-state index contributed by atoms with van der Waals surface area (Å²) < 4.78 is 0. The minimum atomic E-state index is -1.50. The number of primary amides is 1. The number of carbonyl (C=O) groups is 4. The summed E-state index contributed by atoms with van der Waals surface area (Å²) in [5.74, 6) is -1.52. The van der Waals surface area contributed by atoms with Crippen molar-refractivity contribution in [1.82, 2.24) is 16.0 Å². The molecule has 0 aromatic heterocycles. The number of amides is 4. The van der Waals surface area contributed by atoms with E-state index < -0.39 is 42.6 Å². The van der Waals surface area contributed by atoms with Crippen LogP contribution < -0.4 is 21.7 Å². The van der Waals surface area contributed by atoms with Crippen LogP contribution in [-0.2, 0) is 9.59 Å². The van der Waals surface area contributed by atoms with Crippen LogP contribution in [0.5, 0.6) is 0 Å². The van der Waals surface area contributed by atoms with Crippen LogP contribution in [-0.4, -0.2) is 52.8 Å². The van der Waals surface area contributed by atoms with Crippen LogP contribution in [0.2, 0.25) is 0 Å². The van der Waals surface area contributed by atoms with Gasteiger partial charge in [0.15, 0.2) is 0 Å². The van der Waals surface area contributed by atoms with E-state index in [9.17, 15) is 19.2 Å². The highest BCUT2D eigenvalue weighted by atomic mass is 16.4. The van der Waals surface area contributed by atoms with Crippen molar-refractivity contribution in [2.45, 2.75) is 32.4 Å². The first-order valence-electron chi connectivity index (χ1n) is 6.19. The molecule has 0 fully saturated rings. The third kappa shape index (κ3) is 8.29. The van der Waals surface area contributed by atoms with Crippen molar-refractivity contribution in [2.75, 3.05) is 6.54 Å². The van der Waals surface area contributed by atoms with Gasteiger partial charge in [0.25, 0.3) is 0 Å². The van der Waals surface area contributed by atoms with Gasteiger partial charge in [-0.3, -0.25) is 9.59 Å². The van der Waals surface area contributed by atoms with E-state index >= 15 is 0 Å². The second kappa shape index (κ2) is 8.61. The summed E-state index contributed by atoms with van der Waals surface area (Å²) in [5, 5.41) is 23.2. The maximum Gasteiger partial charge on any atom is 0.405 e. The summed E-state index contributed by atoms with van der Waals surface area (Å²) in [7, 11) is 0. The van der Waals surface area contributed by atoms with E-state index in [1.807, 2.05) is 24.5 Å². The van der Waals surface area contributed by atoms with Crippen molar-refractivity contribution >= 4 is 24.0 Å². The number of nitrogens with one attached hydrogen (secondary N) is 3. The quantitative estimate of drug-likeness (QED) is 0.332. The van der Waals surface area contributed by atoms with Crippen molar-refractivity contribution in [3.8, 4) is 0 Å². The van der Waals surface area contributed by atoms with Gasteiger partial charge in [-0.1, -0.05) is 13.8 Å². The first-order valence-corrected chi connectivity index (χ1v) is 6.19. The normalized spacial score (nSPS) is 13.1. The summed E-state index contributed by atoms with van der Waals surface area (Å²) in [6.45, 7) is 3.17. The van der Waals surface area contributed by atoms with E-state index in [0.717, 1.165) is 0 Å². The highest BCUT2D eigenvalue weighted by Crippen LogP contribution is 2.04. The monoisotopic (exact) mass is 304 g/mol. The molecular formula is C11H20N4O6. The Morgan fingerprint density at radius 1 is 1.00 bits per heavy atom. The van der Waals surface area contributed by atoms with Gasteiger partial charge in [0.05, 0.1) is 6.54 Å². The van der Waals surface area contributed by atoms with Crippen molar-refractivity contribution in [3.05, 3.63) is 0 Å². The average molecular weight is 304 g/mol. The highest BCUT2D eigenvalue weighted by molar-refractivity contribution is 5.90. The summed E-state index contributed by atoms with van der Waals surface area (Å²) in [4.78, 5) is 44.1. The van der Waals surface area contributed by atoms with E-state index in [-0.39, 0.29) is 12.3 Å². The van der Waals surface area contributed by atoms with Crippen LogP contribution in [0.15, 0.2) is 0 Å². The molecular weight excluding hydrogens is 284 g/mol. The Kier molecular flexibility index (Phi) is 7.58. The van der Waals surface area contributed by atoms with E-state index in [4.69, 9.17) is 15.9 Å². The Morgan fingerprint density at radius 2 is 1.57 bits per heavy atom. The van der Waals surface area contributed by atoms with E-state index in [1.54, 1.807) is 0 Å². The van der Waals surface area contributed by atoms with Gasteiger partial charge in [0, 0.05) is 0 Å². The molecule has 0 aromatic rings. The van der Waals surface area contributed by atoms with Crippen LogP contribution in [0.4, 0.5) is 9.59 Å². The molecule has 2 atom stereocenters. The summed E-state index contributed by atoms with van der Waals surface area (Å²) in [6.07, 6.45) is -2.62. The van der Waals surface area contributed by atoms with Crippen molar-refractivity contribution in [3.63, 3.8) is 0 Å². The molecule has 0 unspecified atom stereocenters. The van der Waals surface area contributed by atoms with Crippen LogP contribution in [0.3, 0.4) is 0 Å². The summed E-state index contributed by atoms with van der Waals surface area (Å²) in [6, 6.07) is -2.33. The molecule has 0 saturated heterocycles. The maximum atomic E-state index is 11.9. The van der Waals surface area contributed by atoms with Crippen molar-refractivity contribution in [1.29, 1.82) is 0 Å². The minimum absolute atomic E-state index is 0.0748. The zero-order chi connectivity index (χ0) is 16.6. The Hall–Kier alpha value is -2.52. The lowest BCUT2D eigenvalue weighted by Crippen LogP contribution is -2.56. The molecule has 10 heteroatoms. The van der Waals surface area contributed by atoms with Gasteiger partial charge in [-0.2, -0.15) is 0 Å². The summed E-state index contributed by atoms with van der Waals surface area (Å²) >= 11 is 0. The highest BCUT2D eigenvalue weighted by Gasteiger charge is 2.26. The van der Waals surface area contributed by atoms with E-state index in [2.05, 4.69) is 5.32 Å². The van der Waals surface area contributed by atoms with Crippen LogP contribution >= 0.6 is 0 Å². The largest absolute Gasteiger partial charge is 0.465 e. The fraction of sp³-hybridized carbons (Fsp3) is 0.636. The number of nitrogens with two attached hydrogens (primary N) is 1. The predicted molar refractivity (Wildman–Crippen MR) is 71.6 cm³/mol. The second-order valence-corrected chi connectivity index (χ2v) is 4.78. The molecule has 0 heterocycles. The number of hydrogen-bond donors (Lipinski definition) is 6. The molecule has 0 aliphatic rings. The Morgan fingerprint density at radius 3 is 1.95 bits per heavy atom. The number of carbonyl (C=O) groups excluding carboxylic acids is 2. The Bertz CT molecular complexity index is 412. The minimum Gasteiger partial charge on any atom is -0.465 e. The van der Waals surface area contributed by atoms with Gasteiger partial charge in [-0.05, 0) is 12.3 Å². The second-order valence-electron chi connectivity index (χ2n) is 4.78. The number of hydrogen-bond acceptors (Lipinski definition) is 4. The third-order valence-corrected chi connectivity index (χ3v) is 2.44. The zero-order valence-electron chi connectivity index (χ0n) is 11.8. The SMILES string of the molecule is CC(C)C[C@H](NC(=O)[C@H](CNC(=O)O)NC(=O)O)C(N)=O. The average Bonchev–Trinajstić information content (AvgIpc) is 2.32. The molecule has 7 N–H and O–H groups in total. The van der Waals surface area contributed by atoms with Crippen LogP contribution in [0.25, 0.3) is 0 Å². The molecule has 0 aromatic carbocycles. The molecule has 0 spiro atoms. The van der Waals surface area contributed by atoms with Gasteiger partial charge in [-0.25, -0.2) is 9.59 Å². The van der Waals surface area contributed by atoms with Gasteiger partial charge in [0.1, 0.15) is 12.1 Å². The first-order chi connectivity index (χ1) is 9.63. The van der Waals surface area contributed by atoms with Crippen molar-refractivity contribution < 1.29 is 29.4 Å². The lowest BCUT2D eigenvalue weighted by molar-refractivity contribution is -0.128. The van der Waals surface area contributed by atoms with Gasteiger partial charge >= 0.3 is 12.2 Å². The van der Waals surface area contributed by atoms with Gasteiger partial charge in [-0.15, -0.1) is 0 Å². The Labute approximate surface area is 121 Å². The lowest BCUT2D eigenvalue weighted by Gasteiger charge is -2.21. The number of rotatable bonds is 8. The molecule has 10 nitrogen and oxygen atoms in total. The zero-order valence-corrected chi connectivity index (χ0v) is 11.8. The van der Waals surface area contributed by atoms with E-state index in [0.29, 0.717) is 0 Å². The standard InChI is InChI=1S/C11H20N4O6/c1-5(2)3-6(8(12)16)14-9(17)7(15-11(20)21)4-13-10(18)19/h5-7,13,15H,3-4H2,1-2H3,(H2,12,16)(H,14,17)(H,18,19)(H,20,21)/t6-,7-/m0/s1. The third-order valence-electron chi connectivity index (χ3n) is 2.44. The van der Waals surface area contributed by atoms with Crippen LogP contribution in [0.1, 0.15) is 20.3 Å². The smallest absolute Gasteiger partial charge is 0.405 e. The van der Waals surface area contributed by atoms with Crippen LogP contribution in [0, 0.1) is 5.92 Å². The molecule has 21 heavy (non-hydrogen) atoms. The lowest BCUT2D eigenvalue weighted by atomic mass is 10.0. The fourth-order valence-electron chi connectivity index (χ4n) is 1.54. The Balaban J connectivity index is 4.79. The van der Waals surface area contributed by atoms with Gasteiger partial charge in [0.2, 0.25) is 11.8 Å². The van der Waals surface area contributed by atoms with Crippen molar-refractivity contribution in [2.24, 2.45) is 11.7 Å².